The Hall–Kier alpha value is -1.62. The third kappa shape index (κ3) is 2.56. The van der Waals surface area contributed by atoms with E-state index < -0.39 is 0 Å². The van der Waals surface area contributed by atoms with E-state index in [2.05, 4.69) is 27.0 Å². The van der Waals surface area contributed by atoms with Gasteiger partial charge in [-0.25, -0.2) is 0 Å². The maximum Gasteiger partial charge on any atom is 0.178 e. The Morgan fingerprint density at radius 2 is 2.11 bits per heavy atom. The maximum absolute atomic E-state index is 5.45. The lowest BCUT2D eigenvalue weighted by Crippen LogP contribution is -2.55. The van der Waals surface area contributed by atoms with Gasteiger partial charge >= 0.3 is 0 Å². The first-order valence-electron chi connectivity index (χ1n) is 6.93. The van der Waals surface area contributed by atoms with Crippen LogP contribution in [0, 0.1) is 0 Å². The molecule has 3 rings (SSSR count). The fourth-order valence-corrected chi connectivity index (χ4v) is 2.80. The van der Waals surface area contributed by atoms with Gasteiger partial charge in [0.05, 0.1) is 0 Å². The monoisotopic (exact) mass is 260 g/mol. The number of nitrogens with zero attached hydrogens (tertiary/aromatic N) is 4. The highest BCUT2D eigenvalue weighted by Gasteiger charge is 2.30. The number of rotatable bonds is 2. The van der Waals surface area contributed by atoms with E-state index >= 15 is 0 Å². The smallest absolute Gasteiger partial charge is 0.178 e. The van der Waals surface area contributed by atoms with Gasteiger partial charge in [0.15, 0.2) is 12.4 Å². The van der Waals surface area contributed by atoms with E-state index in [1.807, 2.05) is 18.3 Å². The number of aromatic nitrogens is 1. The van der Waals surface area contributed by atoms with Crippen LogP contribution in [-0.2, 0) is 4.84 Å². The zero-order valence-electron chi connectivity index (χ0n) is 11.3. The van der Waals surface area contributed by atoms with Crippen LogP contribution >= 0.6 is 0 Å². The lowest BCUT2D eigenvalue weighted by Gasteiger charge is -2.41. The SMILES string of the molecule is CN1C(c2cccnc2)=NOC[C@@H]1N1CCCCC1. The molecule has 5 nitrogen and oxygen atoms in total. The van der Waals surface area contributed by atoms with Crippen molar-refractivity contribution in [1.29, 1.82) is 0 Å². The number of hydrogen-bond acceptors (Lipinski definition) is 5. The second-order valence-electron chi connectivity index (χ2n) is 5.14. The molecule has 3 heterocycles. The molecule has 1 saturated heterocycles. The summed E-state index contributed by atoms with van der Waals surface area (Å²) in [7, 11) is 2.09. The minimum atomic E-state index is 0.285. The van der Waals surface area contributed by atoms with Crippen molar-refractivity contribution in [1.82, 2.24) is 14.8 Å². The molecule has 2 aliphatic rings. The van der Waals surface area contributed by atoms with Gasteiger partial charge in [-0.3, -0.25) is 9.88 Å². The van der Waals surface area contributed by atoms with Crippen molar-refractivity contribution in [3.63, 3.8) is 0 Å². The van der Waals surface area contributed by atoms with E-state index in [4.69, 9.17) is 4.84 Å². The van der Waals surface area contributed by atoms with Gasteiger partial charge < -0.3 is 9.74 Å². The molecule has 1 fully saturated rings. The highest BCUT2D eigenvalue weighted by atomic mass is 16.6. The molecule has 0 radical (unpaired) electrons. The van der Waals surface area contributed by atoms with E-state index in [1.54, 1.807) is 6.20 Å². The summed E-state index contributed by atoms with van der Waals surface area (Å²) in [6.07, 6.45) is 7.80. The van der Waals surface area contributed by atoms with Gasteiger partial charge in [0.2, 0.25) is 0 Å². The summed E-state index contributed by atoms with van der Waals surface area (Å²) >= 11 is 0. The van der Waals surface area contributed by atoms with E-state index in [0.717, 1.165) is 24.5 Å². The molecule has 0 saturated carbocycles. The lowest BCUT2D eigenvalue weighted by atomic mass is 10.1. The van der Waals surface area contributed by atoms with Gasteiger partial charge in [-0.1, -0.05) is 11.6 Å². The van der Waals surface area contributed by atoms with Crippen LogP contribution in [0.5, 0.6) is 0 Å². The van der Waals surface area contributed by atoms with Gasteiger partial charge in [0.25, 0.3) is 0 Å². The Morgan fingerprint density at radius 1 is 1.26 bits per heavy atom. The topological polar surface area (TPSA) is 41.0 Å². The van der Waals surface area contributed by atoms with Crippen LogP contribution in [0.4, 0.5) is 0 Å². The molecule has 0 aliphatic carbocycles. The van der Waals surface area contributed by atoms with Crippen LogP contribution < -0.4 is 0 Å². The molecular weight excluding hydrogens is 240 g/mol. The van der Waals surface area contributed by atoms with Crippen molar-refractivity contribution in [2.24, 2.45) is 5.16 Å². The molecule has 0 unspecified atom stereocenters. The minimum absolute atomic E-state index is 0.285. The Kier molecular flexibility index (Phi) is 3.64. The summed E-state index contributed by atoms with van der Waals surface area (Å²) in [6.45, 7) is 2.94. The van der Waals surface area contributed by atoms with Crippen molar-refractivity contribution in [3.8, 4) is 0 Å². The summed E-state index contributed by atoms with van der Waals surface area (Å²) in [5.74, 6) is 0.870. The summed E-state index contributed by atoms with van der Waals surface area (Å²) in [5, 5.41) is 4.20. The Balaban J connectivity index is 1.78. The molecular formula is C14H20N4O. The normalized spacial score (nSPS) is 24.8. The second-order valence-corrected chi connectivity index (χ2v) is 5.14. The standard InChI is InChI=1S/C14H20N4O/c1-17-13(18-8-3-2-4-9-18)11-19-16-14(17)12-6-5-7-15-10-12/h5-7,10,13H,2-4,8-9,11H2,1H3/t13-/m0/s1. The summed E-state index contributed by atoms with van der Waals surface area (Å²) in [6, 6.07) is 3.94. The van der Waals surface area contributed by atoms with E-state index in [-0.39, 0.29) is 6.17 Å². The first-order valence-corrected chi connectivity index (χ1v) is 6.93. The van der Waals surface area contributed by atoms with Gasteiger partial charge in [-0.05, 0) is 25.0 Å². The minimum Gasteiger partial charge on any atom is -0.390 e. The number of amidine groups is 1. The van der Waals surface area contributed by atoms with Gasteiger partial charge in [0, 0.05) is 38.1 Å². The molecule has 0 amide bonds. The van der Waals surface area contributed by atoms with Crippen LogP contribution in [0.3, 0.4) is 0 Å². The van der Waals surface area contributed by atoms with Gasteiger partial charge in [0.1, 0.15) is 6.17 Å². The van der Waals surface area contributed by atoms with Crippen LogP contribution in [0.1, 0.15) is 24.8 Å². The molecule has 5 heteroatoms. The third-order valence-corrected chi connectivity index (χ3v) is 3.89. The Labute approximate surface area is 113 Å². The first-order chi connectivity index (χ1) is 9.36. The molecule has 19 heavy (non-hydrogen) atoms. The van der Waals surface area contributed by atoms with Crippen molar-refractivity contribution in [3.05, 3.63) is 30.1 Å². The molecule has 2 aliphatic heterocycles. The highest BCUT2D eigenvalue weighted by Crippen LogP contribution is 2.19. The van der Waals surface area contributed by atoms with Crippen LogP contribution in [-0.4, -0.2) is 53.5 Å². The van der Waals surface area contributed by atoms with Crippen LogP contribution in [0.25, 0.3) is 0 Å². The molecule has 1 aromatic rings. The number of oxime groups is 1. The summed E-state index contributed by atoms with van der Waals surface area (Å²) < 4.78 is 0. The van der Waals surface area contributed by atoms with E-state index in [1.165, 1.54) is 19.3 Å². The van der Waals surface area contributed by atoms with Crippen LogP contribution in [0.15, 0.2) is 29.7 Å². The quantitative estimate of drug-likeness (QED) is 0.808. The molecule has 0 N–H and O–H groups in total. The fourth-order valence-electron chi connectivity index (χ4n) is 2.80. The number of pyridine rings is 1. The van der Waals surface area contributed by atoms with E-state index in [0.29, 0.717) is 6.61 Å². The molecule has 102 valence electrons. The van der Waals surface area contributed by atoms with Crippen molar-refractivity contribution < 1.29 is 4.84 Å². The number of likely N-dealkylation sites (N-methyl/N-ethyl adjacent to an activating group) is 1. The zero-order chi connectivity index (χ0) is 13.1. The van der Waals surface area contributed by atoms with Gasteiger partial charge in [-0.15, -0.1) is 0 Å². The molecule has 0 spiro atoms. The van der Waals surface area contributed by atoms with Crippen molar-refractivity contribution in [2.45, 2.75) is 25.4 Å². The first kappa shape index (κ1) is 12.4. The summed E-state index contributed by atoms with van der Waals surface area (Å²) in [4.78, 5) is 14.3. The molecule has 1 aromatic heterocycles. The largest absolute Gasteiger partial charge is 0.390 e. The zero-order valence-corrected chi connectivity index (χ0v) is 11.3. The molecule has 1 atom stereocenters. The fraction of sp³-hybridized carbons (Fsp3) is 0.571. The van der Waals surface area contributed by atoms with Crippen molar-refractivity contribution in [2.75, 3.05) is 26.7 Å². The lowest BCUT2D eigenvalue weighted by molar-refractivity contribution is -0.0167. The number of hydrogen-bond donors (Lipinski definition) is 0. The number of piperidine rings is 1. The predicted octanol–water partition coefficient (Wildman–Crippen LogP) is 1.52. The highest BCUT2D eigenvalue weighted by molar-refractivity contribution is 5.98. The summed E-state index contributed by atoms with van der Waals surface area (Å²) in [5.41, 5.74) is 1.01. The average molecular weight is 260 g/mol. The number of likely N-dealkylation sites (tertiary alicyclic amines) is 1. The third-order valence-electron chi connectivity index (χ3n) is 3.89. The Morgan fingerprint density at radius 3 is 2.84 bits per heavy atom. The van der Waals surface area contributed by atoms with Crippen molar-refractivity contribution >= 4 is 5.84 Å². The molecule has 0 aromatic carbocycles. The van der Waals surface area contributed by atoms with Crippen LogP contribution in [0.2, 0.25) is 0 Å². The van der Waals surface area contributed by atoms with Gasteiger partial charge in [-0.2, -0.15) is 0 Å². The maximum atomic E-state index is 5.45. The average Bonchev–Trinajstić information content (AvgIpc) is 2.49. The second kappa shape index (κ2) is 5.57. The molecule has 0 bridgehead atoms. The van der Waals surface area contributed by atoms with E-state index in [9.17, 15) is 0 Å². The predicted molar refractivity (Wildman–Crippen MR) is 73.7 cm³/mol. The Bertz CT molecular complexity index is 442.